The Bertz CT molecular complexity index is 238. The van der Waals surface area contributed by atoms with Gasteiger partial charge in [-0.25, -0.2) is 0 Å². The third kappa shape index (κ3) is 9.92. The predicted octanol–water partition coefficient (Wildman–Crippen LogP) is 2.90. The Hall–Kier alpha value is 0.0169. The highest BCUT2D eigenvalue weighted by atomic mass is 28.4. The molecule has 0 aliphatic heterocycles. The first-order chi connectivity index (χ1) is 10.7. The van der Waals surface area contributed by atoms with Gasteiger partial charge in [0.1, 0.15) is 0 Å². The summed E-state index contributed by atoms with van der Waals surface area (Å²) in [6.07, 6.45) is 2.18. The quantitative estimate of drug-likeness (QED) is 0.320. The number of hydrogen-bond donors (Lipinski definition) is 0. The monoisotopic (exact) mass is 335 g/mol. The average molecular weight is 336 g/mol. The fourth-order valence-corrected chi connectivity index (χ4v) is 5.54. The average Bonchev–Trinajstić information content (AvgIpc) is 2.52. The highest BCUT2D eigenvalue weighted by Gasteiger charge is 2.34. The van der Waals surface area contributed by atoms with E-state index in [-0.39, 0.29) is 0 Å². The molecule has 0 saturated carbocycles. The third-order valence-corrected chi connectivity index (χ3v) is 7.64. The van der Waals surface area contributed by atoms with Gasteiger partial charge in [-0.1, -0.05) is 6.92 Å². The molecule has 0 saturated heterocycles. The second-order valence-corrected chi connectivity index (χ2v) is 9.02. The Labute approximate surface area is 138 Å². The fourth-order valence-electron chi connectivity index (χ4n) is 2.65. The molecule has 22 heavy (non-hydrogen) atoms. The van der Waals surface area contributed by atoms with Crippen LogP contribution in [0, 0.1) is 0 Å². The van der Waals surface area contributed by atoms with Crippen LogP contribution >= 0.6 is 0 Å². The topological polar surface area (TPSA) is 40.2 Å². The van der Waals surface area contributed by atoms with Gasteiger partial charge in [-0.15, -0.1) is 0 Å². The van der Waals surface area contributed by atoms with Crippen molar-refractivity contribution >= 4 is 8.56 Å². The van der Waals surface area contributed by atoms with E-state index < -0.39 is 8.56 Å². The van der Waals surface area contributed by atoms with Crippen LogP contribution in [-0.4, -0.2) is 73.7 Å². The second kappa shape index (κ2) is 14.6. The van der Waals surface area contributed by atoms with Gasteiger partial charge in [-0.2, -0.15) is 0 Å². The maximum atomic E-state index is 6.03. The van der Waals surface area contributed by atoms with Gasteiger partial charge in [0, 0.05) is 47.1 Å². The first-order valence-electron chi connectivity index (χ1n) is 8.66. The van der Waals surface area contributed by atoms with Gasteiger partial charge in [0.15, 0.2) is 0 Å². The van der Waals surface area contributed by atoms with Gasteiger partial charge in [0.2, 0.25) is 0 Å². The number of methoxy groups -OCH3 is 2. The van der Waals surface area contributed by atoms with E-state index in [9.17, 15) is 0 Å². The lowest BCUT2D eigenvalue weighted by Crippen LogP contribution is -2.42. The van der Waals surface area contributed by atoms with Crippen molar-refractivity contribution in [3.63, 3.8) is 0 Å². The summed E-state index contributed by atoms with van der Waals surface area (Å²) in [5.74, 6) is 0. The van der Waals surface area contributed by atoms with E-state index in [1.807, 2.05) is 0 Å². The first-order valence-corrected chi connectivity index (χ1v) is 10.9. The van der Waals surface area contributed by atoms with E-state index in [4.69, 9.17) is 18.3 Å². The van der Waals surface area contributed by atoms with Crippen molar-refractivity contribution in [2.45, 2.75) is 45.7 Å². The van der Waals surface area contributed by atoms with E-state index in [2.05, 4.69) is 25.7 Å². The summed E-state index contributed by atoms with van der Waals surface area (Å²) in [6, 6.07) is 2.09. The standard InChI is InChI=1S/C16H37NO4Si/c1-6-20-22(8-3,21-7-2)16-10-12-17(13-15-19-5)11-9-14-18-4/h6-16H2,1-5H3. The molecule has 0 rings (SSSR count). The van der Waals surface area contributed by atoms with E-state index in [1.54, 1.807) is 14.2 Å². The predicted molar refractivity (Wildman–Crippen MR) is 93.7 cm³/mol. The normalized spacial score (nSPS) is 12.3. The molecule has 134 valence electrons. The maximum absolute atomic E-state index is 6.03. The molecule has 0 radical (unpaired) electrons. The van der Waals surface area contributed by atoms with Crippen LogP contribution in [0.4, 0.5) is 0 Å². The van der Waals surface area contributed by atoms with Gasteiger partial charge >= 0.3 is 8.56 Å². The summed E-state index contributed by atoms with van der Waals surface area (Å²) in [6.45, 7) is 12.5. The van der Waals surface area contributed by atoms with E-state index in [1.165, 1.54) is 0 Å². The second-order valence-electron chi connectivity index (χ2n) is 5.41. The summed E-state index contributed by atoms with van der Waals surface area (Å²) >= 11 is 0. The van der Waals surface area contributed by atoms with Crippen molar-refractivity contribution in [2.24, 2.45) is 0 Å². The lowest BCUT2D eigenvalue weighted by molar-refractivity contribution is 0.131. The minimum atomic E-state index is -1.99. The summed E-state index contributed by atoms with van der Waals surface area (Å²) in [5.41, 5.74) is 0. The van der Waals surface area contributed by atoms with Crippen LogP contribution in [0.15, 0.2) is 0 Å². The molecule has 6 heteroatoms. The molecule has 0 atom stereocenters. The third-order valence-electron chi connectivity index (χ3n) is 3.82. The van der Waals surface area contributed by atoms with Crippen molar-refractivity contribution < 1.29 is 18.3 Å². The van der Waals surface area contributed by atoms with Crippen LogP contribution in [0.3, 0.4) is 0 Å². The van der Waals surface area contributed by atoms with Crippen LogP contribution < -0.4 is 0 Å². The molecule has 0 bridgehead atoms. The van der Waals surface area contributed by atoms with Gasteiger partial charge in [-0.05, 0) is 45.3 Å². The number of hydrogen-bond acceptors (Lipinski definition) is 5. The van der Waals surface area contributed by atoms with Crippen LogP contribution in [0.5, 0.6) is 0 Å². The minimum absolute atomic E-state index is 0.751. The molecule has 0 amide bonds. The summed E-state index contributed by atoms with van der Waals surface area (Å²) in [7, 11) is 1.52. The lowest BCUT2D eigenvalue weighted by Gasteiger charge is -2.30. The molecule has 0 aromatic carbocycles. The number of ether oxygens (including phenoxy) is 2. The molecule has 0 aromatic rings. The molecule has 0 aromatic heterocycles. The molecule has 0 aliphatic rings. The van der Waals surface area contributed by atoms with Crippen LogP contribution in [-0.2, 0) is 18.3 Å². The summed E-state index contributed by atoms with van der Waals surface area (Å²) in [5, 5.41) is 0. The molecule has 5 nitrogen and oxygen atoms in total. The number of rotatable bonds is 16. The highest BCUT2D eigenvalue weighted by Crippen LogP contribution is 2.21. The summed E-state index contributed by atoms with van der Waals surface area (Å²) in [4.78, 5) is 2.45. The van der Waals surface area contributed by atoms with E-state index >= 15 is 0 Å². The molecular formula is C16H37NO4Si. The Kier molecular flexibility index (Phi) is 14.6. The molecule has 0 fully saturated rings. The minimum Gasteiger partial charge on any atom is -0.394 e. The zero-order valence-electron chi connectivity index (χ0n) is 15.4. The van der Waals surface area contributed by atoms with Gasteiger partial charge in [-0.3, -0.25) is 0 Å². The smallest absolute Gasteiger partial charge is 0.337 e. The van der Waals surface area contributed by atoms with Crippen molar-refractivity contribution in [3.05, 3.63) is 0 Å². The Morgan fingerprint density at radius 3 is 1.86 bits per heavy atom. The number of nitrogens with zero attached hydrogens (tertiary/aromatic N) is 1. The molecule has 0 spiro atoms. The SMILES string of the molecule is CCO[Si](CC)(CCCN(CCCOC)CCOC)OCC. The summed E-state index contributed by atoms with van der Waals surface area (Å²) < 4.78 is 22.4. The van der Waals surface area contributed by atoms with Crippen LogP contribution in [0.2, 0.25) is 12.1 Å². The van der Waals surface area contributed by atoms with Gasteiger partial charge in [0.05, 0.1) is 6.61 Å². The largest absolute Gasteiger partial charge is 0.394 e. The maximum Gasteiger partial charge on any atom is 0.337 e. The molecule has 0 unspecified atom stereocenters. The zero-order chi connectivity index (χ0) is 16.7. The van der Waals surface area contributed by atoms with Gasteiger partial charge in [0.25, 0.3) is 0 Å². The first kappa shape index (κ1) is 22.0. The van der Waals surface area contributed by atoms with Crippen LogP contribution in [0.1, 0.15) is 33.6 Å². The van der Waals surface area contributed by atoms with Crippen LogP contribution in [0.25, 0.3) is 0 Å². The van der Waals surface area contributed by atoms with Crippen molar-refractivity contribution in [1.82, 2.24) is 4.90 Å². The highest BCUT2D eigenvalue weighted by molar-refractivity contribution is 6.67. The van der Waals surface area contributed by atoms with E-state index in [0.717, 1.165) is 71.0 Å². The molecular weight excluding hydrogens is 298 g/mol. The van der Waals surface area contributed by atoms with Gasteiger partial charge < -0.3 is 23.2 Å². The van der Waals surface area contributed by atoms with E-state index in [0.29, 0.717) is 0 Å². The van der Waals surface area contributed by atoms with Crippen molar-refractivity contribution in [3.8, 4) is 0 Å². The molecule has 0 heterocycles. The van der Waals surface area contributed by atoms with Crippen molar-refractivity contribution in [2.75, 3.05) is 60.3 Å². The Balaban J connectivity index is 4.28. The molecule has 0 aliphatic carbocycles. The molecule has 0 N–H and O–H groups in total. The fraction of sp³-hybridized carbons (Fsp3) is 1.00. The Morgan fingerprint density at radius 2 is 1.36 bits per heavy atom. The lowest BCUT2D eigenvalue weighted by atomic mass is 10.3. The van der Waals surface area contributed by atoms with Crippen molar-refractivity contribution in [1.29, 1.82) is 0 Å². The Morgan fingerprint density at radius 1 is 0.773 bits per heavy atom. The zero-order valence-corrected chi connectivity index (χ0v) is 16.4.